The quantitative estimate of drug-likeness (QED) is 0.515. The number of oxime groups is 1. The van der Waals surface area contributed by atoms with E-state index in [1.807, 2.05) is 6.07 Å². The third-order valence-corrected chi connectivity index (χ3v) is 5.83. The SMILES string of the molecule is Fc1cc(C2=NO[C@@H](Cn3ccnn3)C2)ccc1-c1ccn2c(C3(F)CNC3)nnc2c1. The molecule has 1 fully saturated rings. The number of nitrogens with zero attached hydrogens (tertiary/aromatic N) is 7. The summed E-state index contributed by atoms with van der Waals surface area (Å²) in [5.74, 6) is -0.132. The molecule has 1 N–H and O–H groups in total. The van der Waals surface area contributed by atoms with Gasteiger partial charge in [-0.3, -0.25) is 4.40 Å². The number of pyridine rings is 1. The van der Waals surface area contributed by atoms with Crippen molar-refractivity contribution >= 4 is 11.4 Å². The first kappa shape index (κ1) is 19.0. The summed E-state index contributed by atoms with van der Waals surface area (Å²) in [4.78, 5) is 5.46. The zero-order valence-electron chi connectivity index (χ0n) is 16.8. The lowest BCUT2D eigenvalue weighted by molar-refractivity contribution is 0.0693. The first-order valence-electron chi connectivity index (χ1n) is 10.2. The smallest absolute Gasteiger partial charge is 0.195 e. The number of benzene rings is 1. The van der Waals surface area contributed by atoms with E-state index >= 15 is 4.39 Å². The monoisotopic (exact) mass is 436 g/mol. The molecule has 1 aromatic carbocycles. The van der Waals surface area contributed by atoms with Gasteiger partial charge in [0.2, 0.25) is 0 Å². The molecule has 0 amide bonds. The van der Waals surface area contributed by atoms with Crippen molar-refractivity contribution in [3.05, 3.63) is 66.1 Å². The number of alkyl halides is 1. The van der Waals surface area contributed by atoms with E-state index in [0.717, 1.165) is 0 Å². The number of fused-ring (bicyclic) bond motifs is 1. The van der Waals surface area contributed by atoms with Gasteiger partial charge in [-0.2, -0.15) is 0 Å². The van der Waals surface area contributed by atoms with Gasteiger partial charge in [-0.15, -0.1) is 15.3 Å². The fourth-order valence-corrected chi connectivity index (χ4v) is 4.03. The first-order valence-corrected chi connectivity index (χ1v) is 10.2. The van der Waals surface area contributed by atoms with Crippen LogP contribution in [-0.4, -0.2) is 54.5 Å². The van der Waals surface area contributed by atoms with E-state index in [1.54, 1.807) is 45.9 Å². The summed E-state index contributed by atoms with van der Waals surface area (Å²) in [5, 5.41) is 22.8. The molecule has 0 aliphatic carbocycles. The molecule has 9 nitrogen and oxygen atoms in total. The van der Waals surface area contributed by atoms with Gasteiger partial charge in [0.25, 0.3) is 0 Å². The lowest BCUT2D eigenvalue weighted by Gasteiger charge is -2.32. The van der Waals surface area contributed by atoms with Crippen molar-refractivity contribution < 1.29 is 13.6 Å². The van der Waals surface area contributed by atoms with Crippen LogP contribution in [0.5, 0.6) is 0 Å². The van der Waals surface area contributed by atoms with Crippen molar-refractivity contribution in [3.8, 4) is 11.1 Å². The number of hydrogen-bond donors (Lipinski definition) is 1. The Bertz CT molecular complexity index is 1330. The minimum atomic E-state index is -1.52. The van der Waals surface area contributed by atoms with Gasteiger partial charge in [0.15, 0.2) is 23.2 Å². The Labute approximate surface area is 180 Å². The van der Waals surface area contributed by atoms with Gasteiger partial charge >= 0.3 is 0 Å². The summed E-state index contributed by atoms with van der Waals surface area (Å²) in [6, 6.07) is 8.40. The third kappa shape index (κ3) is 3.12. The summed E-state index contributed by atoms with van der Waals surface area (Å²) in [7, 11) is 0. The second kappa shape index (κ2) is 7.16. The fourth-order valence-electron chi connectivity index (χ4n) is 4.03. The van der Waals surface area contributed by atoms with Gasteiger partial charge in [0.05, 0.1) is 18.5 Å². The van der Waals surface area contributed by atoms with Crippen molar-refractivity contribution in [2.24, 2.45) is 5.16 Å². The van der Waals surface area contributed by atoms with Crippen LogP contribution in [0.2, 0.25) is 0 Å². The molecule has 4 aromatic rings. The molecule has 3 aromatic heterocycles. The van der Waals surface area contributed by atoms with Gasteiger partial charge < -0.3 is 10.2 Å². The minimum Gasteiger partial charge on any atom is -0.390 e. The molecule has 0 bridgehead atoms. The Balaban J connectivity index is 1.23. The summed E-state index contributed by atoms with van der Waals surface area (Å²) >= 11 is 0. The molecule has 2 aliphatic rings. The third-order valence-electron chi connectivity index (χ3n) is 5.83. The zero-order chi connectivity index (χ0) is 21.7. The van der Waals surface area contributed by atoms with E-state index in [1.165, 1.54) is 6.07 Å². The minimum absolute atomic E-state index is 0.177. The van der Waals surface area contributed by atoms with Crippen molar-refractivity contribution in [2.45, 2.75) is 24.7 Å². The summed E-state index contributed by atoms with van der Waals surface area (Å²) in [6.45, 7) is 0.933. The molecular formula is C21H18F2N8O. The van der Waals surface area contributed by atoms with Crippen LogP contribution < -0.4 is 5.32 Å². The first-order chi connectivity index (χ1) is 15.6. The van der Waals surface area contributed by atoms with Crippen molar-refractivity contribution in [2.75, 3.05) is 13.1 Å². The number of nitrogens with one attached hydrogen (secondary N) is 1. The number of halogens is 2. The zero-order valence-corrected chi connectivity index (χ0v) is 16.8. The summed E-state index contributed by atoms with van der Waals surface area (Å²) < 4.78 is 33.0. The molecule has 5 heterocycles. The maximum absolute atomic E-state index is 15.0. The molecule has 0 unspecified atom stereocenters. The Morgan fingerprint density at radius 3 is 2.78 bits per heavy atom. The maximum atomic E-state index is 15.0. The van der Waals surface area contributed by atoms with E-state index in [9.17, 15) is 4.39 Å². The molecule has 32 heavy (non-hydrogen) atoms. The highest BCUT2D eigenvalue weighted by atomic mass is 19.1. The highest BCUT2D eigenvalue weighted by Crippen LogP contribution is 2.31. The van der Waals surface area contributed by atoms with Gasteiger partial charge in [-0.05, 0) is 23.8 Å². The molecule has 2 aliphatic heterocycles. The van der Waals surface area contributed by atoms with Gasteiger partial charge in [-0.25, -0.2) is 13.5 Å². The van der Waals surface area contributed by atoms with Crippen LogP contribution in [0.15, 0.2) is 54.1 Å². The van der Waals surface area contributed by atoms with E-state index < -0.39 is 5.67 Å². The normalized spacial score (nSPS) is 19.6. The summed E-state index contributed by atoms with van der Waals surface area (Å²) in [6.07, 6.45) is 5.40. The topological polar surface area (TPSA) is 94.5 Å². The number of aromatic nitrogens is 6. The van der Waals surface area contributed by atoms with Crippen LogP contribution in [0.25, 0.3) is 16.8 Å². The van der Waals surface area contributed by atoms with Crippen LogP contribution in [-0.2, 0) is 17.1 Å². The summed E-state index contributed by atoms with van der Waals surface area (Å²) in [5.41, 5.74) is 1.34. The molecule has 11 heteroatoms. The van der Waals surface area contributed by atoms with Crippen molar-refractivity contribution in [3.63, 3.8) is 0 Å². The molecule has 1 saturated heterocycles. The molecule has 0 saturated carbocycles. The number of hydrogen-bond acceptors (Lipinski definition) is 7. The Morgan fingerprint density at radius 2 is 2.03 bits per heavy atom. The largest absolute Gasteiger partial charge is 0.390 e. The Hall–Kier alpha value is -3.73. The van der Waals surface area contributed by atoms with E-state index in [0.29, 0.717) is 41.0 Å². The highest BCUT2D eigenvalue weighted by molar-refractivity contribution is 6.01. The lowest BCUT2D eigenvalue weighted by atomic mass is 9.98. The molecule has 6 rings (SSSR count). The van der Waals surface area contributed by atoms with Crippen LogP contribution >= 0.6 is 0 Å². The Morgan fingerprint density at radius 1 is 1.12 bits per heavy atom. The predicted octanol–water partition coefficient (Wildman–Crippen LogP) is 2.09. The van der Waals surface area contributed by atoms with Crippen molar-refractivity contribution in [1.29, 1.82) is 0 Å². The molecule has 1 atom stereocenters. The van der Waals surface area contributed by atoms with E-state index in [4.69, 9.17) is 4.84 Å². The van der Waals surface area contributed by atoms with Gasteiger partial charge in [0.1, 0.15) is 5.82 Å². The van der Waals surface area contributed by atoms with Crippen LogP contribution in [0, 0.1) is 5.82 Å². The van der Waals surface area contributed by atoms with Crippen LogP contribution in [0.3, 0.4) is 0 Å². The molecule has 162 valence electrons. The predicted molar refractivity (Wildman–Crippen MR) is 110 cm³/mol. The fraction of sp³-hybridized carbons (Fsp3) is 0.286. The maximum Gasteiger partial charge on any atom is 0.195 e. The standard InChI is InChI=1S/C21H18F2N8O/c22-17-7-14(18-9-15(32-28-18)10-30-6-4-25-29-30)1-2-16(17)13-3-5-31-19(8-13)26-27-20(31)21(23)11-24-12-21/h1-8,15,24H,9-12H2/t15-/m1/s1. The molecule has 0 spiro atoms. The average molecular weight is 436 g/mol. The second-order valence-corrected chi connectivity index (χ2v) is 8.03. The van der Waals surface area contributed by atoms with E-state index in [2.05, 4.69) is 31.0 Å². The average Bonchev–Trinajstić information content (AvgIpc) is 3.53. The van der Waals surface area contributed by atoms with E-state index in [-0.39, 0.29) is 30.8 Å². The van der Waals surface area contributed by atoms with Crippen molar-refractivity contribution in [1.82, 2.24) is 34.9 Å². The Kier molecular flexibility index (Phi) is 4.25. The molecular weight excluding hydrogens is 418 g/mol. The number of rotatable bonds is 5. The van der Waals surface area contributed by atoms with Gasteiger partial charge in [0, 0.05) is 43.0 Å². The van der Waals surface area contributed by atoms with Crippen LogP contribution in [0.4, 0.5) is 8.78 Å². The van der Waals surface area contributed by atoms with Gasteiger partial charge in [-0.1, -0.05) is 22.5 Å². The van der Waals surface area contributed by atoms with Crippen LogP contribution in [0.1, 0.15) is 17.8 Å². The second-order valence-electron chi connectivity index (χ2n) is 8.03. The highest BCUT2D eigenvalue weighted by Gasteiger charge is 2.43. The lowest BCUT2D eigenvalue weighted by Crippen LogP contribution is -2.54. The molecule has 0 radical (unpaired) electrons.